The Morgan fingerprint density at radius 2 is 1.92 bits per heavy atom. The monoisotopic (exact) mass is 333 g/mol. The van der Waals surface area contributed by atoms with Crippen molar-refractivity contribution in [2.24, 2.45) is 7.05 Å². The molecule has 1 aliphatic rings. The van der Waals surface area contributed by atoms with Crippen LogP contribution in [-0.2, 0) is 12.5 Å². The van der Waals surface area contributed by atoms with Crippen molar-refractivity contribution in [2.45, 2.75) is 18.3 Å². The van der Waals surface area contributed by atoms with Gasteiger partial charge in [-0.2, -0.15) is 4.98 Å². The lowest BCUT2D eigenvalue weighted by atomic mass is 9.96. The van der Waals surface area contributed by atoms with Gasteiger partial charge in [0, 0.05) is 12.6 Å². The Kier molecular flexibility index (Phi) is 2.80. The molecular weight excluding hydrogens is 318 g/mol. The van der Waals surface area contributed by atoms with Crippen LogP contribution in [0.15, 0.2) is 62.3 Å². The highest BCUT2D eigenvalue weighted by Crippen LogP contribution is 2.52. The number of benzene rings is 2. The molecule has 0 N–H and O–H groups in total. The second-order valence-corrected chi connectivity index (χ2v) is 6.48. The Balaban J connectivity index is 1.56. The maximum atomic E-state index is 11.6. The first-order valence-electron chi connectivity index (χ1n) is 8.17. The summed E-state index contributed by atoms with van der Waals surface area (Å²) in [6, 6.07) is 15.7. The van der Waals surface area contributed by atoms with E-state index in [1.54, 1.807) is 13.1 Å². The summed E-state index contributed by atoms with van der Waals surface area (Å²) < 4.78 is 12.3. The molecule has 124 valence electrons. The Morgan fingerprint density at radius 3 is 2.68 bits per heavy atom. The molecule has 5 rings (SSSR count). The van der Waals surface area contributed by atoms with E-state index in [1.807, 2.05) is 30.3 Å². The first-order chi connectivity index (χ1) is 12.2. The van der Waals surface area contributed by atoms with Crippen molar-refractivity contribution in [1.29, 1.82) is 0 Å². The third-order valence-corrected chi connectivity index (χ3v) is 4.96. The lowest BCUT2D eigenvalue weighted by molar-refractivity contribution is 0.360. The van der Waals surface area contributed by atoms with Gasteiger partial charge in [0.2, 0.25) is 11.7 Å². The molecule has 0 saturated heterocycles. The smallest absolute Gasteiger partial charge is 0.408 e. The lowest BCUT2D eigenvalue weighted by Crippen LogP contribution is -2.08. The first-order valence-corrected chi connectivity index (χ1v) is 8.17. The molecular formula is C19H15N3O3. The Morgan fingerprint density at radius 1 is 1.12 bits per heavy atom. The van der Waals surface area contributed by atoms with Gasteiger partial charge in [0.25, 0.3) is 0 Å². The molecule has 2 heterocycles. The van der Waals surface area contributed by atoms with Crippen LogP contribution in [0.25, 0.3) is 22.5 Å². The average Bonchev–Trinajstić information content (AvgIpc) is 3.21. The zero-order chi connectivity index (χ0) is 17.0. The SMILES string of the molecule is Cn1c(=O)oc2cc(-c3noc(C4(c5ccccc5)CC4)n3)ccc21. The van der Waals surface area contributed by atoms with Gasteiger partial charge in [-0.1, -0.05) is 35.5 Å². The van der Waals surface area contributed by atoms with Gasteiger partial charge in [0.05, 0.1) is 10.9 Å². The number of oxazole rings is 1. The van der Waals surface area contributed by atoms with E-state index in [-0.39, 0.29) is 11.2 Å². The highest BCUT2D eigenvalue weighted by molar-refractivity contribution is 5.78. The number of aromatic nitrogens is 3. The largest absolute Gasteiger partial charge is 0.419 e. The van der Waals surface area contributed by atoms with E-state index in [0.717, 1.165) is 23.9 Å². The number of hydrogen-bond acceptors (Lipinski definition) is 5. The highest BCUT2D eigenvalue weighted by atomic mass is 16.5. The van der Waals surface area contributed by atoms with E-state index in [9.17, 15) is 4.79 Å². The minimum atomic E-state index is -0.387. The molecule has 0 amide bonds. The molecule has 0 aliphatic heterocycles. The highest BCUT2D eigenvalue weighted by Gasteiger charge is 2.50. The molecule has 0 unspecified atom stereocenters. The summed E-state index contributed by atoms with van der Waals surface area (Å²) in [7, 11) is 1.68. The fourth-order valence-corrected chi connectivity index (χ4v) is 3.32. The summed E-state index contributed by atoms with van der Waals surface area (Å²) >= 11 is 0. The molecule has 0 bridgehead atoms. The van der Waals surface area contributed by atoms with E-state index in [0.29, 0.717) is 17.3 Å². The molecule has 0 radical (unpaired) electrons. The molecule has 0 spiro atoms. The van der Waals surface area contributed by atoms with E-state index < -0.39 is 0 Å². The second kappa shape index (κ2) is 4.92. The number of aryl methyl sites for hydroxylation is 1. The predicted molar refractivity (Wildman–Crippen MR) is 91.2 cm³/mol. The van der Waals surface area contributed by atoms with E-state index in [1.165, 1.54) is 10.1 Å². The molecule has 2 aromatic carbocycles. The van der Waals surface area contributed by atoms with Gasteiger partial charge >= 0.3 is 5.76 Å². The third-order valence-electron chi connectivity index (χ3n) is 4.96. The molecule has 1 saturated carbocycles. The Bertz CT molecular complexity index is 1130. The van der Waals surface area contributed by atoms with E-state index in [4.69, 9.17) is 8.94 Å². The van der Waals surface area contributed by atoms with Crippen LogP contribution in [-0.4, -0.2) is 14.7 Å². The van der Waals surface area contributed by atoms with Crippen LogP contribution in [0.3, 0.4) is 0 Å². The van der Waals surface area contributed by atoms with Crippen molar-refractivity contribution in [1.82, 2.24) is 14.7 Å². The van der Waals surface area contributed by atoms with Crippen LogP contribution in [0.5, 0.6) is 0 Å². The van der Waals surface area contributed by atoms with Gasteiger partial charge in [-0.3, -0.25) is 4.57 Å². The van der Waals surface area contributed by atoms with Crippen LogP contribution >= 0.6 is 0 Å². The normalized spacial score (nSPS) is 15.6. The standard InChI is InChI=1S/C19H15N3O3/c1-22-14-8-7-12(11-15(14)24-18(22)23)16-20-17(25-21-16)19(9-10-19)13-5-3-2-4-6-13/h2-8,11H,9-10H2,1H3. The van der Waals surface area contributed by atoms with Gasteiger partial charge in [-0.25, -0.2) is 4.79 Å². The van der Waals surface area contributed by atoms with Crippen LogP contribution < -0.4 is 5.76 Å². The molecule has 2 aromatic heterocycles. The second-order valence-electron chi connectivity index (χ2n) is 6.48. The van der Waals surface area contributed by atoms with Crippen LogP contribution in [0.1, 0.15) is 24.3 Å². The minimum absolute atomic E-state index is 0.157. The summed E-state index contributed by atoms with van der Waals surface area (Å²) in [5.41, 5.74) is 3.06. The quantitative estimate of drug-likeness (QED) is 0.575. The van der Waals surface area contributed by atoms with Crippen molar-refractivity contribution < 1.29 is 8.94 Å². The molecule has 6 nitrogen and oxygen atoms in total. The maximum absolute atomic E-state index is 11.6. The summed E-state index contributed by atoms with van der Waals surface area (Å²) in [5.74, 6) is 0.760. The summed E-state index contributed by atoms with van der Waals surface area (Å²) in [6.07, 6.45) is 2.01. The molecule has 6 heteroatoms. The molecule has 4 aromatic rings. The van der Waals surface area contributed by atoms with E-state index >= 15 is 0 Å². The van der Waals surface area contributed by atoms with Gasteiger partial charge in [-0.15, -0.1) is 0 Å². The van der Waals surface area contributed by atoms with Gasteiger partial charge < -0.3 is 8.94 Å². The number of nitrogens with zero attached hydrogens (tertiary/aromatic N) is 3. The van der Waals surface area contributed by atoms with Crippen molar-refractivity contribution in [3.05, 3.63) is 70.5 Å². The van der Waals surface area contributed by atoms with Crippen LogP contribution in [0, 0.1) is 0 Å². The number of hydrogen-bond donors (Lipinski definition) is 0. The van der Waals surface area contributed by atoms with Crippen LogP contribution in [0.2, 0.25) is 0 Å². The van der Waals surface area contributed by atoms with Gasteiger partial charge in [-0.05, 0) is 36.6 Å². The summed E-state index contributed by atoms with van der Waals surface area (Å²) in [6.45, 7) is 0. The zero-order valence-corrected chi connectivity index (χ0v) is 13.6. The van der Waals surface area contributed by atoms with Crippen molar-refractivity contribution in [3.63, 3.8) is 0 Å². The van der Waals surface area contributed by atoms with Crippen molar-refractivity contribution >= 4 is 11.1 Å². The topological polar surface area (TPSA) is 74.1 Å². The van der Waals surface area contributed by atoms with Crippen molar-refractivity contribution in [2.75, 3.05) is 0 Å². The molecule has 1 fully saturated rings. The minimum Gasteiger partial charge on any atom is -0.408 e. The molecule has 0 atom stereocenters. The Hall–Kier alpha value is -3.15. The number of rotatable bonds is 3. The summed E-state index contributed by atoms with van der Waals surface area (Å²) in [5, 5.41) is 4.14. The predicted octanol–water partition coefficient (Wildman–Crippen LogP) is 3.26. The molecule has 25 heavy (non-hydrogen) atoms. The number of fused-ring (bicyclic) bond motifs is 1. The van der Waals surface area contributed by atoms with E-state index in [2.05, 4.69) is 22.3 Å². The van der Waals surface area contributed by atoms with Crippen molar-refractivity contribution in [3.8, 4) is 11.4 Å². The van der Waals surface area contributed by atoms with Gasteiger partial charge in [0.1, 0.15) is 0 Å². The summed E-state index contributed by atoms with van der Waals surface area (Å²) in [4.78, 5) is 16.3. The molecule has 1 aliphatic carbocycles. The fraction of sp³-hybridized carbons (Fsp3) is 0.211. The third kappa shape index (κ3) is 2.07. The average molecular weight is 333 g/mol. The Labute approximate surface area is 142 Å². The van der Waals surface area contributed by atoms with Gasteiger partial charge in [0.15, 0.2) is 5.58 Å². The first kappa shape index (κ1) is 14.2. The fourth-order valence-electron chi connectivity index (χ4n) is 3.32. The zero-order valence-electron chi connectivity index (χ0n) is 13.6. The maximum Gasteiger partial charge on any atom is 0.419 e. The van der Waals surface area contributed by atoms with Crippen LogP contribution in [0.4, 0.5) is 0 Å². The lowest BCUT2D eigenvalue weighted by Gasteiger charge is -2.09.